The van der Waals surface area contributed by atoms with Gasteiger partial charge in [0.25, 0.3) is 0 Å². The Morgan fingerprint density at radius 2 is 1.00 bits per heavy atom. The summed E-state index contributed by atoms with van der Waals surface area (Å²) in [6.45, 7) is 0. The largest absolute Gasteiger partial charge is 0.309 e. The van der Waals surface area contributed by atoms with Gasteiger partial charge in [0.2, 0.25) is 0 Å². The van der Waals surface area contributed by atoms with Gasteiger partial charge in [-0.3, -0.25) is 4.98 Å². The molecule has 9 aromatic carbocycles. The van der Waals surface area contributed by atoms with Crippen LogP contribution in [0.25, 0.3) is 87.1 Å². The molecule has 11 rings (SSSR count). The highest BCUT2D eigenvalue weighted by atomic mass is 31.2. The minimum Gasteiger partial charge on any atom is -0.309 e. The molecule has 0 radical (unpaired) electrons. The minimum absolute atomic E-state index is 0.674. The summed E-state index contributed by atoms with van der Waals surface area (Å²) in [5.74, 6) is 0. The van der Waals surface area contributed by atoms with Crippen molar-refractivity contribution >= 4 is 87.8 Å². The van der Waals surface area contributed by atoms with Crippen molar-refractivity contribution in [3.05, 3.63) is 188 Å². The van der Waals surface area contributed by atoms with Gasteiger partial charge in [-0.25, -0.2) is 4.98 Å². The first-order chi connectivity index (χ1) is 26.7. The van der Waals surface area contributed by atoms with Crippen molar-refractivity contribution in [1.82, 2.24) is 9.97 Å². The van der Waals surface area contributed by atoms with Gasteiger partial charge in [-0.15, -0.1) is 0 Å². The highest BCUT2D eigenvalue weighted by Crippen LogP contribution is 2.47. The van der Waals surface area contributed by atoms with Crippen LogP contribution < -0.4 is 15.9 Å². The molecule has 0 bridgehead atoms. The number of fused-ring (bicyclic) bond motifs is 5. The second kappa shape index (κ2) is 11.9. The van der Waals surface area contributed by atoms with E-state index in [1.165, 1.54) is 48.7 Å². The predicted octanol–water partition coefficient (Wildman–Crippen LogP) is 11.8. The molecule has 0 aliphatic heterocycles. The molecule has 0 spiro atoms. The molecule has 252 valence electrons. The third kappa shape index (κ3) is 4.52. The molecule has 54 heavy (non-hydrogen) atoms. The van der Waals surface area contributed by atoms with Crippen LogP contribution in [0.1, 0.15) is 0 Å². The van der Waals surface area contributed by atoms with E-state index >= 15 is 4.57 Å². The molecular weight excluding hydrogens is 676 g/mol. The summed E-state index contributed by atoms with van der Waals surface area (Å²) in [6.07, 6.45) is 3.63. The molecule has 2 heterocycles. The Morgan fingerprint density at radius 3 is 1.74 bits per heavy atom. The molecular formula is C50H31N2OP. The molecule has 2 aromatic heterocycles. The smallest absolute Gasteiger partial charge is 0.172 e. The van der Waals surface area contributed by atoms with E-state index in [0.717, 1.165) is 49.1 Å². The highest BCUT2D eigenvalue weighted by molar-refractivity contribution is 7.85. The Hall–Kier alpha value is -6.67. The zero-order valence-corrected chi connectivity index (χ0v) is 30.0. The van der Waals surface area contributed by atoms with Crippen molar-refractivity contribution in [2.45, 2.75) is 0 Å². The maximum absolute atomic E-state index is 15.5. The first kappa shape index (κ1) is 30.9. The van der Waals surface area contributed by atoms with Gasteiger partial charge < -0.3 is 4.57 Å². The van der Waals surface area contributed by atoms with Gasteiger partial charge >= 0.3 is 0 Å². The van der Waals surface area contributed by atoms with E-state index in [2.05, 4.69) is 109 Å². The van der Waals surface area contributed by atoms with Crippen molar-refractivity contribution < 1.29 is 4.57 Å². The van der Waals surface area contributed by atoms with E-state index in [4.69, 9.17) is 9.97 Å². The van der Waals surface area contributed by atoms with Gasteiger partial charge in [0.1, 0.15) is 0 Å². The Balaban J connectivity index is 1.23. The first-order valence-electron chi connectivity index (χ1n) is 18.3. The molecule has 4 heteroatoms. The zero-order valence-electron chi connectivity index (χ0n) is 29.1. The summed E-state index contributed by atoms with van der Waals surface area (Å²) >= 11 is 0. The molecule has 3 nitrogen and oxygen atoms in total. The lowest BCUT2D eigenvalue weighted by Gasteiger charge is -2.21. The van der Waals surface area contributed by atoms with E-state index in [1.807, 2.05) is 72.9 Å². The molecule has 0 saturated heterocycles. The molecule has 0 fully saturated rings. The molecule has 0 atom stereocenters. The van der Waals surface area contributed by atoms with Crippen LogP contribution in [-0.4, -0.2) is 9.97 Å². The Labute approximate surface area is 311 Å². The van der Waals surface area contributed by atoms with Crippen LogP contribution in [0.5, 0.6) is 0 Å². The van der Waals surface area contributed by atoms with Gasteiger partial charge in [-0.1, -0.05) is 158 Å². The number of hydrogen-bond acceptors (Lipinski definition) is 3. The van der Waals surface area contributed by atoms with Gasteiger partial charge in [0.15, 0.2) is 7.14 Å². The quantitative estimate of drug-likeness (QED) is 0.132. The van der Waals surface area contributed by atoms with Gasteiger partial charge in [-0.05, 0) is 72.4 Å². The number of benzene rings is 9. The average Bonchev–Trinajstić information content (AvgIpc) is 3.25. The van der Waals surface area contributed by atoms with Crippen molar-refractivity contribution in [2.75, 3.05) is 0 Å². The fraction of sp³-hybridized carbons (Fsp3) is 0. The summed E-state index contributed by atoms with van der Waals surface area (Å²) in [4.78, 5) is 10.2. The summed E-state index contributed by atoms with van der Waals surface area (Å²) in [6, 6.07) is 61.2. The number of nitrogens with zero attached hydrogens (tertiary/aromatic N) is 2. The Morgan fingerprint density at radius 1 is 0.389 bits per heavy atom. The average molecular weight is 707 g/mol. The van der Waals surface area contributed by atoms with Gasteiger partial charge in [-0.2, -0.15) is 0 Å². The molecule has 0 amide bonds. The number of hydrogen-bond donors (Lipinski definition) is 0. The van der Waals surface area contributed by atoms with E-state index in [-0.39, 0.29) is 0 Å². The number of aromatic nitrogens is 2. The predicted molar refractivity (Wildman–Crippen MR) is 229 cm³/mol. The van der Waals surface area contributed by atoms with Crippen LogP contribution in [0.3, 0.4) is 0 Å². The van der Waals surface area contributed by atoms with Crippen molar-refractivity contribution in [3.8, 4) is 22.4 Å². The van der Waals surface area contributed by atoms with Crippen LogP contribution in [-0.2, 0) is 4.57 Å². The molecule has 0 aliphatic rings. The fourth-order valence-corrected chi connectivity index (χ4v) is 11.3. The maximum Gasteiger partial charge on any atom is 0.172 e. The number of rotatable bonds is 5. The number of para-hydroxylation sites is 1. The fourth-order valence-electron chi connectivity index (χ4n) is 8.68. The van der Waals surface area contributed by atoms with E-state index in [9.17, 15) is 0 Å². The van der Waals surface area contributed by atoms with Gasteiger partial charge in [0.05, 0.1) is 11.2 Å². The Bertz CT molecular complexity index is 3240. The second-order valence-corrected chi connectivity index (χ2v) is 16.8. The molecule has 0 unspecified atom stereocenters. The second-order valence-electron chi connectivity index (χ2n) is 14.1. The van der Waals surface area contributed by atoms with Gasteiger partial charge in [0, 0.05) is 50.0 Å². The van der Waals surface area contributed by atoms with Crippen LogP contribution in [0.2, 0.25) is 0 Å². The van der Waals surface area contributed by atoms with E-state index in [0.29, 0.717) is 5.30 Å². The van der Waals surface area contributed by atoms with Crippen molar-refractivity contribution in [3.63, 3.8) is 0 Å². The van der Waals surface area contributed by atoms with E-state index < -0.39 is 7.14 Å². The van der Waals surface area contributed by atoms with Crippen LogP contribution >= 0.6 is 7.14 Å². The van der Waals surface area contributed by atoms with Crippen LogP contribution in [0.15, 0.2) is 188 Å². The molecule has 0 N–H and O–H groups in total. The molecule has 0 aliphatic carbocycles. The highest BCUT2D eigenvalue weighted by Gasteiger charge is 2.31. The lowest BCUT2D eigenvalue weighted by molar-refractivity contribution is 0.592. The summed E-state index contributed by atoms with van der Waals surface area (Å²) in [7, 11) is -3.28. The first-order valence-corrected chi connectivity index (χ1v) is 20.0. The lowest BCUT2D eigenvalue weighted by Crippen LogP contribution is -2.25. The van der Waals surface area contributed by atoms with E-state index in [1.54, 1.807) is 6.20 Å². The van der Waals surface area contributed by atoms with Crippen LogP contribution in [0, 0.1) is 0 Å². The lowest BCUT2D eigenvalue weighted by atomic mass is 9.86. The SMILES string of the molecule is O=P(c1ccccc1)(c1ccccc1)c1cncc(-c2nc3ccccc3c3c2cc(-c2ccc4ccc5cccc6ccc2c4c56)c2ccccc23)c1. The zero-order chi connectivity index (χ0) is 35.8. The summed E-state index contributed by atoms with van der Waals surface area (Å²) < 4.78 is 15.5. The third-order valence-electron chi connectivity index (χ3n) is 11.1. The van der Waals surface area contributed by atoms with Crippen LogP contribution in [0.4, 0.5) is 0 Å². The van der Waals surface area contributed by atoms with Crippen molar-refractivity contribution in [1.29, 1.82) is 0 Å². The standard InChI is InChI=1S/C50H31N2OP/c53-54(36-14-3-1-4-15-36,37-16-5-2-6-17-37)38-28-35(30-51-31-38)50-45-29-44(39-18-7-8-19-41(39)49(45)43-20-9-10-21-46(43)52-50)40-26-24-34-23-22-32-12-11-13-33-25-27-42(40)48(34)47(32)33/h1-31H. The minimum atomic E-state index is -3.28. The third-order valence-corrected chi connectivity index (χ3v) is 14.1. The molecule has 0 saturated carbocycles. The molecule has 11 aromatic rings. The summed E-state index contributed by atoms with van der Waals surface area (Å²) in [5.41, 5.74) is 4.88. The maximum atomic E-state index is 15.5. The topological polar surface area (TPSA) is 42.9 Å². The van der Waals surface area contributed by atoms with Crippen molar-refractivity contribution in [2.24, 2.45) is 0 Å². The monoisotopic (exact) mass is 706 g/mol. The summed E-state index contributed by atoms with van der Waals surface area (Å²) in [5, 5.41) is 15.4. The Kier molecular flexibility index (Phi) is 6.83. The number of pyridine rings is 2. The normalized spacial score (nSPS) is 12.1.